The summed E-state index contributed by atoms with van der Waals surface area (Å²) in [5.41, 5.74) is 0. The molecule has 0 saturated heterocycles. The predicted octanol–water partition coefficient (Wildman–Crippen LogP) is 1.02. The molecule has 0 saturated carbocycles. The molecule has 0 unspecified atom stereocenters. The second kappa shape index (κ2) is 5.69. The van der Waals surface area contributed by atoms with Crippen LogP contribution in [0.5, 0.6) is 0 Å². The molecular weight excluding hydrogens is 128 g/mol. The largest absolute Gasteiger partial charge is 0.396 e. The normalized spacial score (nSPS) is 14.1. The Kier molecular flexibility index (Phi) is 5.64. The molecule has 2 nitrogen and oxygen atoms in total. The Labute approximate surface area is 62.9 Å². The molecular formula is C8H18O2. The van der Waals surface area contributed by atoms with Gasteiger partial charge in [-0.25, -0.2) is 0 Å². The number of rotatable bonds is 5. The summed E-state index contributed by atoms with van der Waals surface area (Å²) in [7, 11) is 0. The first-order valence-electron chi connectivity index (χ1n) is 3.94. The van der Waals surface area contributed by atoms with E-state index in [1.54, 1.807) is 0 Å². The minimum absolute atomic E-state index is 0.239. The van der Waals surface area contributed by atoms with Gasteiger partial charge in [0, 0.05) is 13.2 Å². The second-order valence-corrected chi connectivity index (χ2v) is 3.05. The zero-order valence-electron chi connectivity index (χ0n) is 6.88. The van der Waals surface area contributed by atoms with Gasteiger partial charge >= 0.3 is 0 Å². The summed E-state index contributed by atoms with van der Waals surface area (Å²) in [6.45, 7) is 4.68. The molecule has 10 heavy (non-hydrogen) atoms. The van der Waals surface area contributed by atoms with Crippen LogP contribution in [-0.4, -0.2) is 23.4 Å². The topological polar surface area (TPSA) is 40.5 Å². The molecule has 0 fully saturated rings. The lowest BCUT2D eigenvalue weighted by Crippen LogP contribution is -2.13. The molecule has 0 aliphatic rings. The van der Waals surface area contributed by atoms with E-state index in [4.69, 9.17) is 10.2 Å². The van der Waals surface area contributed by atoms with Crippen LogP contribution in [0, 0.1) is 11.8 Å². The van der Waals surface area contributed by atoms with Crippen molar-refractivity contribution in [2.45, 2.75) is 26.7 Å². The summed E-state index contributed by atoms with van der Waals surface area (Å²) >= 11 is 0. The van der Waals surface area contributed by atoms with Crippen molar-refractivity contribution in [3.63, 3.8) is 0 Å². The highest BCUT2D eigenvalue weighted by Crippen LogP contribution is 2.15. The molecule has 2 N–H and O–H groups in total. The maximum absolute atomic E-state index is 8.84. The van der Waals surface area contributed by atoms with E-state index < -0.39 is 0 Å². The van der Waals surface area contributed by atoms with Crippen molar-refractivity contribution in [1.82, 2.24) is 0 Å². The highest BCUT2D eigenvalue weighted by atomic mass is 16.3. The third kappa shape index (κ3) is 3.85. The van der Waals surface area contributed by atoms with E-state index in [1.165, 1.54) is 0 Å². The van der Waals surface area contributed by atoms with Crippen molar-refractivity contribution in [3.8, 4) is 0 Å². The summed E-state index contributed by atoms with van der Waals surface area (Å²) in [6.07, 6.45) is 1.74. The molecule has 0 amide bonds. The van der Waals surface area contributed by atoms with E-state index in [-0.39, 0.29) is 13.2 Å². The summed E-state index contributed by atoms with van der Waals surface area (Å²) in [4.78, 5) is 0. The van der Waals surface area contributed by atoms with E-state index in [9.17, 15) is 0 Å². The molecule has 0 aromatic carbocycles. The molecule has 0 radical (unpaired) electrons. The lowest BCUT2D eigenvalue weighted by molar-refractivity contribution is 0.168. The van der Waals surface area contributed by atoms with Crippen molar-refractivity contribution < 1.29 is 10.2 Å². The highest BCUT2D eigenvalue weighted by molar-refractivity contribution is 4.60. The van der Waals surface area contributed by atoms with Crippen LogP contribution < -0.4 is 0 Å². The average molecular weight is 146 g/mol. The van der Waals surface area contributed by atoms with Crippen molar-refractivity contribution in [1.29, 1.82) is 0 Å². The maximum Gasteiger partial charge on any atom is 0.0461 e. The van der Waals surface area contributed by atoms with Crippen molar-refractivity contribution in [2.24, 2.45) is 11.8 Å². The molecule has 0 aromatic rings. The number of hydrogen-bond acceptors (Lipinski definition) is 2. The smallest absolute Gasteiger partial charge is 0.0461 e. The van der Waals surface area contributed by atoms with Gasteiger partial charge in [0.15, 0.2) is 0 Å². The highest BCUT2D eigenvalue weighted by Gasteiger charge is 2.10. The fourth-order valence-electron chi connectivity index (χ4n) is 0.989. The zero-order valence-corrected chi connectivity index (χ0v) is 6.88. The monoisotopic (exact) mass is 146 g/mol. The van der Waals surface area contributed by atoms with Gasteiger partial charge in [0.1, 0.15) is 0 Å². The molecule has 1 atom stereocenters. The Bertz CT molecular complexity index is 71.7. The van der Waals surface area contributed by atoms with Gasteiger partial charge in [0.2, 0.25) is 0 Å². The maximum atomic E-state index is 8.84. The van der Waals surface area contributed by atoms with Crippen molar-refractivity contribution in [3.05, 3.63) is 0 Å². The van der Waals surface area contributed by atoms with Crippen LogP contribution in [0.1, 0.15) is 26.7 Å². The third-order valence-electron chi connectivity index (χ3n) is 1.91. The molecule has 0 rings (SSSR count). The molecule has 62 valence electrons. The second-order valence-electron chi connectivity index (χ2n) is 3.05. The van der Waals surface area contributed by atoms with E-state index in [0.29, 0.717) is 11.8 Å². The molecule has 2 heteroatoms. The first-order valence-corrected chi connectivity index (χ1v) is 3.94. The first-order chi connectivity index (χ1) is 4.72. The lowest BCUT2D eigenvalue weighted by atomic mass is 9.92. The molecule has 0 bridgehead atoms. The SMILES string of the molecule is CC(C)[C@H](CO)CCCO. The lowest BCUT2D eigenvalue weighted by Gasteiger charge is -2.16. The van der Waals surface area contributed by atoms with Gasteiger partial charge in [-0.3, -0.25) is 0 Å². The van der Waals surface area contributed by atoms with Gasteiger partial charge in [-0.05, 0) is 24.7 Å². The van der Waals surface area contributed by atoms with Gasteiger partial charge in [0.05, 0.1) is 0 Å². The first kappa shape index (κ1) is 9.92. The van der Waals surface area contributed by atoms with E-state index in [0.717, 1.165) is 12.8 Å². The number of aliphatic hydroxyl groups excluding tert-OH is 2. The standard InChI is InChI=1S/C8H18O2/c1-7(2)8(6-10)4-3-5-9/h7-10H,3-6H2,1-2H3/t8-/m0/s1. The van der Waals surface area contributed by atoms with Crippen molar-refractivity contribution >= 4 is 0 Å². The van der Waals surface area contributed by atoms with Crippen molar-refractivity contribution in [2.75, 3.05) is 13.2 Å². The third-order valence-corrected chi connectivity index (χ3v) is 1.91. The van der Waals surface area contributed by atoms with Gasteiger partial charge in [0.25, 0.3) is 0 Å². The van der Waals surface area contributed by atoms with Gasteiger partial charge in [-0.2, -0.15) is 0 Å². The van der Waals surface area contributed by atoms with Crippen LogP contribution in [0.4, 0.5) is 0 Å². The predicted molar refractivity (Wildman–Crippen MR) is 41.7 cm³/mol. The van der Waals surface area contributed by atoms with Crippen LogP contribution in [0.3, 0.4) is 0 Å². The van der Waals surface area contributed by atoms with E-state index in [1.807, 2.05) is 0 Å². The molecule has 0 aromatic heterocycles. The van der Waals surface area contributed by atoms with Crippen LogP contribution >= 0.6 is 0 Å². The van der Waals surface area contributed by atoms with Gasteiger partial charge in [-0.15, -0.1) is 0 Å². The molecule has 0 aliphatic carbocycles. The fourth-order valence-corrected chi connectivity index (χ4v) is 0.989. The minimum Gasteiger partial charge on any atom is -0.396 e. The summed E-state index contributed by atoms with van der Waals surface area (Å²) < 4.78 is 0. The Hall–Kier alpha value is -0.0800. The van der Waals surface area contributed by atoms with Crippen LogP contribution in [0.25, 0.3) is 0 Å². The summed E-state index contributed by atoms with van der Waals surface area (Å²) in [5, 5.41) is 17.4. The molecule has 0 heterocycles. The Balaban J connectivity index is 3.40. The molecule has 0 spiro atoms. The Morgan fingerprint density at radius 2 is 1.80 bits per heavy atom. The van der Waals surface area contributed by atoms with E-state index >= 15 is 0 Å². The van der Waals surface area contributed by atoms with Crippen LogP contribution in [-0.2, 0) is 0 Å². The van der Waals surface area contributed by atoms with Crippen LogP contribution in [0.15, 0.2) is 0 Å². The Morgan fingerprint density at radius 3 is 2.10 bits per heavy atom. The Morgan fingerprint density at radius 1 is 1.20 bits per heavy atom. The van der Waals surface area contributed by atoms with Gasteiger partial charge in [-0.1, -0.05) is 13.8 Å². The number of aliphatic hydroxyl groups is 2. The zero-order chi connectivity index (χ0) is 7.98. The minimum atomic E-state index is 0.239. The quantitative estimate of drug-likeness (QED) is 0.608. The number of hydrogen-bond donors (Lipinski definition) is 2. The average Bonchev–Trinajstić information content (AvgIpc) is 1.89. The summed E-state index contributed by atoms with van der Waals surface area (Å²) in [6, 6.07) is 0. The molecule has 0 aliphatic heterocycles. The van der Waals surface area contributed by atoms with Crippen LogP contribution in [0.2, 0.25) is 0 Å². The van der Waals surface area contributed by atoms with Gasteiger partial charge < -0.3 is 10.2 Å². The summed E-state index contributed by atoms with van der Waals surface area (Å²) in [5.74, 6) is 0.892. The van der Waals surface area contributed by atoms with E-state index in [2.05, 4.69) is 13.8 Å². The fraction of sp³-hybridized carbons (Fsp3) is 1.00.